The molecule has 23 heavy (non-hydrogen) atoms. The van der Waals surface area contributed by atoms with Gasteiger partial charge in [-0.15, -0.1) is 0 Å². The summed E-state index contributed by atoms with van der Waals surface area (Å²) in [5.74, 6) is 0.0949. The third-order valence-corrected chi connectivity index (χ3v) is 3.95. The lowest BCUT2D eigenvalue weighted by atomic mass is 9.96. The fourth-order valence-corrected chi connectivity index (χ4v) is 2.82. The number of nitrogens with zero attached hydrogens (tertiary/aromatic N) is 2. The second-order valence-corrected chi connectivity index (χ2v) is 5.73. The smallest absolute Gasteiger partial charge is 0.371 e. The molecule has 1 atom stereocenters. The molecule has 0 spiro atoms. The maximum Gasteiger partial charge on any atom is 0.417 e. The molecule has 124 valence electrons. The summed E-state index contributed by atoms with van der Waals surface area (Å²) < 4.78 is 39.2. The van der Waals surface area contributed by atoms with Gasteiger partial charge in [0.05, 0.1) is 17.2 Å². The zero-order valence-corrected chi connectivity index (χ0v) is 12.8. The van der Waals surface area contributed by atoms with E-state index in [0.717, 1.165) is 18.9 Å². The van der Waals surface area contributed by atoms with E-state index in [-0.39, 0.29) is 17.4 Å². The van der Waals surface area contributed by atoms with Gasteiger partial charge in [0.25, 0.3) is 0 Å². The van der Waals surface area contributed by atoms with E-state index >= 15 is 0 Å². The average molecular weight is 325 g/mol. The van der Waals surface area contributed by atoms with Crippen LogP contribution < -0.4 is 10.2 Å². The number of hydrogen-bond donors (Lipinski definition) is 1. The third-order valence-electron chi connectivity index (χ3n) is 3.95. The van der Waals surface area contributed by atoms with E-state index < -0.39 is 11.7 Å². The molecule has 1 N–H and O–H groups in total. The van der Waals surface area contributed by atoms with Crippen molar-refractivity contribution in [3.63, 3.8) is 0 Å². The normalized spacial score (nSPS) is 18.4. The summed E-state index contributed by atoms with van der Waals surface area (Å²) in [4.78, 5) is 12.9. The first-order chi connectivity index (χ1) is 10.8. The molecule has 0 aromatic heterocycles. The van der Waals surface area contributed by atoms with Crippen molar-refractivity contribution in [3.05, 3.63) is 29.3 Å². The molecule has 1 unspecified atom stereocenters. The van der Waals surface area contributed by atoms with E-state index in [9.17, 15) is 18.0 Å². The fourth-order valence-electron chi connectivity index (χ4n) is 2.82. The standard InChI is InChI=1S/C16H18F3N3O/c1-11(23)21-9-12-3-2-6-22(10-12)14-5-4-13(8-20)15(7-14)16(17,18)19/h4-5,7,12H,2-3,6,9-10H2,1H3,(H,21,23). The molecule has 0 aliphatic carbocycles. The third kappa shape index (κ3) is 4.38. The Kier molecular flexibility index (Phi) is 5.14. The van der Waals surface area contributed by atoms with Crippen LogP contribution in [-0.4, -0.2) is 25.5 Å². The van der Waals surface area contributed by atoms with Crippen LogP contribution >= 0.6 is 0 Å². The average Bonchev–Trinajstić information content (AvgIpc) is 2.51. The highest BCUT2D eigenvalue weighted by Crippen LogP contribution is 2.35. The van der Waals surface area contributed by atoms with Crippen molar-refractivity contribution in [1.29, 1.82) is 5.26 Å². The number of carbonyl (C=O) groups excluding carboxylic acids is 1. The molecule has 1 heterocycles. The van der Waals surface area contributed by atoms with Gasteiger partial charge in [-0.1, -0.05) is 0 Å². The Labute approximate surface area is 132 Å². The lowest BCUT2D eigenvalue weighted by Crippen LogP contribution is -2.40. The summed E-state index contributed by atoms with van der Waals surface area (Å²) in [6, 6.07) is 5.40. The largest absolute Gasteiger partial charge is 0.417 e. The SMILES string of the molecule is CC(=O)NCC1CCCN(c2ccc(C#N)c(C(F)(F)F)c2)C1. The summed E-state index contributed by atoms with van der Waals surface area (Å²) in [7, 11) is 0. The summed E-state index contributed by atoms with van der Waals surface area (Å²) >= 11 is 0. The minimum atomic E-state index is -4.55. The lowest BCUT2D eigenvalue weighted by molar-refractivity contribution is -0.137. The topological polar surface area (TPSA) is 56.1 Å². The summed E-state index contributed by atoms with van der Waals surface area (Å²) in [5.41, 5.74) is -0.807. The fraction of sp³-hybridized carbons (Fsp3) is 0.500. The van der Waals surface area contributed by atoms with Gasteiger partial charge in [0, 0.05) is 32.2 Å². The van der Waals surface area contributed by atoms with Gasteiger partial charge in [0.2, 0.25) is 5.91 Å². The molecule has 0 bridgehead atoms. The van der Waals surface area contributed by atoms with Crippen LogP contribution in [0.25, 0.3) is 0 Å². The number of rotatable bonds is 3. The number of hydrogen-bond acceptors (Lipinski definition) is 3. The van der Waals surface area contributed by atoms with Gasteiger partial charge in [-0.2, -0.15) is 18.4 Å². The Morgan fingerprint density at radius 1 is 1.48 bits per heavy atom. The quantitative estimate of drug-likeness (QED) is 0.929. The van der Waals surface area contributed by atoms with Crippen molar-refractivity contribution in [3.8, 4) is 6.07 Å². The number of nitrogens with one attached hydrogen (secondary N) is 1. The Morgan fingerprint density at radius 2 is 2.22 bits per heavy atom. The Balaban J connectivity index is 2.18. The summed E-state index contributed by atoms with van der Waals surface area (Å²) in [6.07, 6.45) is -2.77. The van der Waals surface area contributed by atoms with Crippen molar-refractivity contribution in [2.24, 2.45) is 5.92 Å². The zero-order valence-electron chi connectivity index (χ0n) is 12.8. The molecule has 4 nitrogen and oxygen atoms in total. The maximum atomic E-state index is 13.1. The van der Waals surface area contributed by atoms with Gasteiger partial charge < -0.3 is 10.2 Å². The predicted molar refractivity (Wildman–Crippen MR) is 79.8 cm³/mol. The van der Waals surface area contributed by atoms with Crippen LogP contribution in [0.4, 0.5) is 18.9 Å². The van der Waals surface area contributed by atoms with Crippen LogP contribution in [0.2, 0.25) is 0 Å². The molecule has 0 radical (unpaired) electrons. The first-order valence-corrected chi connectivity index (χ1v) is 7.42. The highest BCUT2D eigenvalue weighted by molar-refractivity contribution is 5.72. The molecular weight excluding hydrogens is 307 g/mol. The number of benzene rings is 1. The van der Waals surface area contributed by atoms with E-state index in [1.807, 2.05) is 4.90 Å². The lowest BCUT2D eigenvalue weighted by Gasteiger charge is -2.34. The van der Waals surface area contributed by atoms with E-state index in [0.29, 0.717) is 25.3 Å². The Hall–Kier alpha value is -2.23. The summed E-state index contributed by atoms with van der Waals surface area (Å²) in [5, 5.41) is 11.6. The van der Waals surface area contributed by atoms with E-state index in [2.05, 4.69) is 5.32 Å². The van der Waals surface area contributed by atoms with Gasteiger partial charge in [-0.3, -0.25) is 4.79 Å². The number of nitriles is 1. The maximum absolute atomic E-state index is 13.1. The summed E-state index contributed by atoms with van der Waals surface area (Å²) in [6.45, 7) is 3.22. The van der Waals surface area contributed by atoms with Crippen molar-refractivity contribution in [2.45, 2.75) is 25.9 Å². The van der Waals surface area contributed by atoms with E-state index in [1.165, 1.54) is 13.0 Å². The number of piperidine rings is 1. The van der Waals surface area contributed by atoms with Gasteiger partial charge in [0.15, 0.2) is 0 Å². The van der Waals surface area contributed by atoms with Crippen LogP contribution in [0.5, 0.6) is 0 Å². The molecule has 7 heteroatoms. The van der Waals surface area contributed by atoms with Crippen LogP contribution in [0.15, 0.2) is 18.2 Å². The van der Waals surface area contributed by atoms with Crippen LogP contribution in [-0.2, 0) is 11.0 Å². The molecule has 1 aliphatic rings. The van der Waals surface area contributed by atoms with Gasteiger partial charge in [-0.05, 0) is 37.0 Å². The van der Waals surface area contributed by atoms with E-state index in [4.69, 9.17) is 5.26 Å². The van der Waals surface area contributed by atoms with Crippen molar-refractivity contribution in [2.75, 3.05) is 24.5 Å². The molecule has 1 saturated heterocycles. The van der Waals surface area contributed by atoms with Gasteiger partial charge in [0.1, 0.15) is 0 Å². The predicted octanol–water partition coefficient (Wildman–Crippen LogP) is 2.93. The van der Waals surface area contributed by atoms with Crippen LogP contribution in [0.1, 0.15) is 30.9 Å². The second-order valence-electron chi connectivity index (χ2n) is 5.73. The number of anilines is 1. The van der Waals surface area contributed by atoms with Crippen LogP contribution in [0, 0.1) is 17.2 Å². The molecule has 1 aliphatic heterocycles. The first-order valence-electron chi connectivity index (χ1n) is 7.42. The molecule has 1 aromatic carbocycles. The van der Waals surface area contributed by atoms with Crippen LogP contribution in [0.3, 0.4) is 0 Å². The van der Waals surface area contributed by atoms with Crippen molar-refractivity contribution in [1.82, 2.24) is 5.32 Å². The Bertz CT molecular complexity index is 622. The molecule has 0 saturated carbocycles. The van der Waals surface area contributed by atoms with Crippen molar-refractivity contribution < 1.29 is 18.0 Å². The van der Waals surface area contributed by atoms with Gasteiger partial charge in [-0.25, -0.2) is 0 Å². The zero-order chi connectivity index (χ0) is 17.0. The van der Waals surface area contributed by atoms with Gasteiger partial charge >= 0.3 is 6.18 Å². The molecule has 2 rings (SSSR count). The molecule has 1 fully saturated rings. The number of amides is 1. The number of alkyl halides is 3. The minimum absolute atomic E-state index is 0.111. The molecule has 1 aromatic rings. The monoisotopic (exact) mass is 325 g/mol. The number of halogens is 3. The molecule has 1 amide bonds. The second kappa shape index (κ2) is 6.90. The highest BCUT2D eigenvalue weighted by atomic mass is 19.4. The van der Waals surface area contributed by atoms with Crippen molar-refractivity contribution >= 4 is 11.6 Å². The first kappa shape index (κ1) is 17.1. The number of carbonyl (C=O) groups is 1. The molecular formula is C16H18F3N3O. The van der Waals surface area contributed by atoms with E-state index in [1.54, 1.807) is 12.1 Å². The minimum Gasteiger partial charge on any atom is -0.371 e. The Morgan fingerprint density at radius 3 is 2.83 bits per heavy atom. The highest BCUT2D eigenvalue weighted by Gasteiger charge is 2.34.